The fourth-order valence-electron chi connectivity index (χ4n) is 7.97. The van der Waals surface area contributed by atoms with E-state index in [1.807, 2.05) is 37.3 Å². The van der Waals surface area contributed by atoms with Gasteiger partial charge in [-0.25, -0.2) is 0 Å². The van der Waals surface area contributed by atoms with Gasteiger partial charge in [0.2, 0.25) is 0 Å². The van der Waals surface area contributed by atoms with Crippen molar-refractivity contribution in [2.24, 2.45) is 17.8 Å². The lowest BCUT2D eigenvalue weighted by Crippen LogP contribution is -2.61. The first-order valence-electron chi connectivity index (χ1n) is 21.2. The highest BCUT2D eigenvalue weighted by atomic mass is 28.4. The van der Waals surface area contributed by atoms with E-state index in [1.165, 1.54) is 0 Å². The molecule has 1 aliphatic carbocycles. The summed E-state index contributed by atoms with van der Waals surface area (Å²) < 4.78 is 41.6. The summed E-state index contributed by atoms with van der Waals surface area (Å²) in [5, 5.41) is 0.0455. The summed E-state index contributed by atoms with van der Waals surface area (Å²) in [6.45, 7) is 35.6. The number of rotatable bonds is 13. The average molecular weight is 813 g/mol. The summed E-state index contributed by atoms with van der Waals surface area (Å²) in [5.41, 5.74) is 3.55. The van der Waals surface area contributed by atoms with E-state index in [2.05, 4.69) is 102 Å². The Balaban J connectivity index is 1.74. The van der Waals surface area contributed by atoms with Crippen molar-refractivity contribution in [2.45, 2.75) is 194 Å². The van der Waals surface area contributed by atoms with Crippen LogP contribution in [0.4, 0.5) is 0 Å². The molecule has 0 saturated carbocycles. The van der Waals surface area contributed by atoms with Crippen LogP contribution < -0.4 is 0 Å². The lowest BCUT2D eigenvalue weighted by Gasteiger charge is -2.54. The minimum atomic E-state index is -2.18. The predicted octanol–water partition coefficient (Wildman–Crippen LogP) is 11.0. The van der Waals surface area contributed by atoms with E-state index in [1.54, 1.807) is 6.92 Å². The lowest BCUT2D eigenvalue weighted by molar-refractivity contribution is -0.352. The topological polar surface area (TPSA) is 89.5 Å². The molecule has 2 saturated heterocycles. The van der Waals surface area contributed by atoms with Crippen molar-refractivity contribution in [3.05, 3.63) is 58.7 Å². The molecule has 0 bridgehead atoms. The molecular formula is C46H76O8Si2. The minimum Gasteiger partial charge on any atom is -0.461 e. The van der Waals surface area contributed by atoms with Crippen molar-refractivity contribution in [1.29, 1.82) is 0 Å². The quantitative estimate of drug-likeness (QED) is 0.0454. The summed E-state index contributed by atoms with van der Waals surface area (Å²) in [4.78, 5) is 26.3. The van der Waals surface area contributed by atoms with Crippen LogP contribution in [0.3, 0.4) is 0 Å². The molecule has 10 heteroatoms. The first-order valence-corrected chi connectivity index (χ1v) is 27.1. The summed E-state index contributed by atoms with van der Waals surface area (Å²) in [5.74, 6) is -1.49. The largest absolute Gasteiger partial charge is 0.461 e. The Bertz CT molecular complexity index is 1560. The van der Waals surface area contributed by atoms with Crippen LogP contribution in [0, 0.1) is 17.8 Å². The molecule has 4 aliphatic rings. The Kier molecular flexibility index (Phi) is 15.1. The summed E-state index contributed by atoms with van der Waals surface area (Å²) in [7, 11) is -4.35. The van der Waals surface area contributed by atoms with Crippen molar-refractivity contribution < 1.29 is 37.4 Å². The van der Waals surface area contributed by atoms with E-state index in [9.17, 15) is 9.59 Å². The molecule has 316 valence electrons. The van der Waals surface area contributed by atoms with E-state index in [0.717, 1.165) is 29.4 Å². The normalized spacial score (nSPS) is 32.9. The highest BCUT2D eigenvalue weighted by Crippen LogP contribution is 2.49. The van der Waals surface area contributed by atoms with Gasteiger partial charge in [0.05, 0.1) is 36.9 Å². The molecule has 0 aromatic carbocycles. The molecule has 0 aromatic rings. The minimum absolute atomic E-state index is 0.0108. The van der Waals surface area contributed by atoms with Gasteiger partial charge in [-0.2, -0.15) is 0 Å². The third kappa shape index (κ3) is 10.6. The van der Waals surface area contributed by atoms with Crippen LogP contribution in [-0.4, -0.2) is 77.9 Å². The number of hydrogen-bond acceptors (Lipinski definition) is 8. The maximum atomic E-state index is 14.7. The third-order valence-electron chi connectivity index (χ3n) is 13.7. The van der Waals surface area contributed by atoms with E-state index in [4.69, 9.17) is 27.8 Å². The number of hydrogen-bond donors (Lipinski definition) is 0. The Morgan fingerprint density at radius 3 is 2.25 bits per heavy atom. The zero-order chi connectivity index (χ0) is 42.0. The van der Waals surface area contributed by atoms with Crippen molar-refractivity contribution in [3.8, 4) is 0 Å². The van der Waals surface area contributed by atoms with Crippen molar-refractivity contribution >= 4 is 28.9 Å². The van der Waals surface area contributed by atoms with E-state index >= 15 is 0 Å². The van der Waals surface area contributed by atoms with Crippen molar-refractivity contribution in [3.63, 3.8) is 0 Å². The van der Waals surface area contributed by atoms with Crippen LogP contribution in [-0.2, 0) is 37.4 Å². The monoisotopic (exact) mass is 813 g/mol. The van der Waals surface area contributed by atoms with Gasteiger partial charge in [-0.05, 0) is 91.7 Å². The van der Waals surface area contributed by atoms with Gasteiger partial charge in [0, 0.05) is 25.2 Å². The van der Waals surface area contributed by atoms with Gasteiger partial charge in [-0.3, -0.25) is 9.59 Å². The molecule has 4 rings (SSSR count). The Morgan fingerprint density at radius 2 is 1.66 bits per heavy atom. The summed E-state index contributed by atoms with van der Waals surface area (Å²) in [6, 6.07) is 0. The maximum Gasteiger partial charge on any atom is 0.317 e. The third-order valence-corrected chi connectivity index (χ3v) is 22.7. The molecular weight excluding hydrogens is 737 g/mol. The first kappa shape index (κ1) is 46.8. The Hall–Kier alpha value is -1.93. The molecule has 3 heterocycles. The zero-order valence-corrected chi connectivity index (χ0v) is 39.7. The fourth-order valence-corrected chi connectivity index (χ4v) is 10.7. The van der Waals surface area contributed by atoms with Crippen LogP contribution >= 0.6 is 0 Å². The molecule has 0 aromatic heterocycles. The zero-order valence-electron chi connectivity index (χ0n) is 37.7. The van der Waals surface area contributed by atoms with Crippen LogP contribution in [0.25, 0.3) is 0 Å². The Labute approximate surface area is 342 Å². The smallest absolute Gasteiger partial charge is 0.317 e. The first-order chi connectivity index (χ1) is 25.9. The van der Waals surface area contributed by atoms with Gasteiger partial charge in [-0.1, -0.05) is 105 Å². The van der Waals surface area contributed by atoms with E-state index < -0.39 is 34.4 Å². The molecule has 1 spiro atoms. The highest BCUT2D eigenvalue weighted by molar-refractivity contribution is 6.74. The van der Waals surface area contributed by atoms with Crippen LogP contribution in [0.1, 0.15) is 115 Å². The van der Waals surface area contributed by atoms with E-state index in [-0.39, 0.29) is 58.4 Å². The number of carbonyl (C=O) groups is 2. The van der Waals surface area contributed by atoms with Crippen molar-refractivity contribution in [1.82, 2.24) is 0 Å². The van der Waals surface area contributed by atoms with Gasteiger partial charge >= 0.3 is 5.97 Å². The van der Waals surface area contributed by atoms with E-state index in [0.29, 0.717) is 37.9 Å². The second kappa shape index (κ2) is 18.1. The second-order valence-corrected chi connectivity index (χ2v) is 29.7. The molecule has 0 radical (unpaired) electrons. The number of carbonyl (C=O) groups excluding carboxylic acids is 2. The van der Waals surface area contributed by atoms with Gasteiger partial charge in [-0.15, -0.1) is 0 Å². The Morgan fingerprint density at radius 1 is 1.02 bits per heavy atom. The van der Waals surface area contributed by atoms with Gasteiger partial charge in [0.1, 0.15) is 18.5 Å². The molecule has 0 N–H and O–H groups in total. The number of ether oxygens (including phenoxy) is 4. The SMILES string of the molecule is C/C=C\C=C\C1=C2C(OC1)[C@H](O[Si](C)(C)C(C)(C)C)C(C)=C[C@H]2C(=O)O[C@H]1C[C@@H](C/C=C(\C)C=O)O[C@]2(C1)C[C@H](O[Si](C)(C)C(C)(C)C)[C@H](C)[C@@H]([C@@H](C)CC)O2. The molecule has 0 amide bonds. The molecule has 2 fully saturated rings. The van der Waals surface area contributed by atoms with Gasteiger partial charge < -0.3 is 27.8 Å². The second-order valence-electron chi connectivity index (χ2n) is 20.2. The molecule has 56 heavy (non-hydrogen) atoms. The van der Waals surface area contributed by atoms with Crippen LogP contribution in [0.15, 0.2) is 58.7 Å². The van der Waals surface area contributed by atoms with Gasteiger partial charge in [0.25, 0.3) is 0 Å². The van der Waals surface area contributed by atoms with Gasteiger partial charge in [0.15, 0.2) is 22.4 Å². The number of fused-ring (bicyclic) bond motifs is 1. The summed E-state index contributed by atoms with van der Waals surface area (Å²) in [6.07, 6.45) is 14.2. The number of esters is 1. The average Bonchev–Trinajstić information content (AvgIpc) is 3.52. The highest BCUT2D eigenvalue weighted by Gasteiger charge is 2.55. The number of allylic oxidation sites excluding steroid dienone is 4. The standard InChI is InChI=1S/C46H76O8Si2/c1-17-19-20-21-34-29-49-42-39(34)37(24-32(5)41(42)54-56(15,16)45(10,11)12)43(48)50-36-25-35(23-22-30(3)28-47)51-46(26-36)27-38(53-55(13,14)44(7,8)9)33(6)40(52-46)31(4)18-2/h17,19-22,24,28,31,33,35-38,40-42H,18,23,25-27,29H2,1-16H3/b19-17-,21-20+,30-22+/t31-,33-,35+,36-,37+,38-,40+,41+,42?,46-/m0/s1. The molecule has 8 nitrogen and oxygen atoms in total. The summed E-state index contributed by atoms with van der Waals surface area (Å²) >= 11 is 0. The fraction of sp³-hybridized carbons (Fsp3) is 0.739. The van der Waals surface area contributed by atoms with Crippen LogP contribution in [0.2, 0.25) is 36.3 Å². The molecule has 10 atom stereocenters. The van der Waals surface area contributed by atoms with Crippen molar-refractivity contribution in [2.75, 3.05) is 6.61 Å². The lowest BCUT2D eigenvalue weighted by atomic mass is 9.79. The number of aldehydes is 1. The molecule has 3 aliphatic heterocycles. The maximum absolute atomic E-state index is 14.7. The predicted molar refractivity (Wildman–Crippen MR) is 231 cm³/mol. The molecule has 1 unspecified atom stereocenters. The van der Waals surface area contributed by atoms with Crippen LogP contribution in [0.5, 0.6) is 0 Å².